The molecule has 25 heavy (non-hydrogen) atoms. The number of aliphatic hydroxyl groups excluding tert-OH is 1. The first-order valence-electron chi connectivity index (χ1n) is 7.31. The smallest absolute Gasteiger partial charge is 0.272 e. The van der Waals surface area contributed by atoms with E-state index in [9.17, 15) is 27.1 Å². The minimum Gasteiger partial charge on any atom is -0.391 e. The van der Waals surface area contributed by atoms with Crippen molar-refractivity contribution in [1.82, 2.24) is 9.29 Å². The highest BCUT2D eigenvalue weighted by atomic mass is 32.2. The van der Waals surface area contributed by atoms with Crippen LogP contribution in [0.5, 0.6) is 0 Å². The number of sulfonamides is 1. The van der Waals surface area contributed by atoms with Gasteiger partial charge < -0.3 is 15.0 Å². The van der Waals surface area contributed by atoms with Gasteiger partial charge in [-0.2, -0.15) is 0 Å². The van der Waals surface area contributed by atoms with E-state index in [0.29, 0.717) is 0 Å². The Hall–Kier alpha value is -2.30. The molecule has 0 saturated heterocycles. The van der Waals surface area contributed by atoms with Gasteiger partial charge in [0, 0.05) is 43.5 Å². The highest BCUT2D eigenvalue weighted by molar-refractivity contribution is 7.89. The van der Waals surface area contributed by atoms with Gasteiger partial charge in [0.25, 0.3) is 5.91 Å². The maximum atomic E-state index is 13.3. The van der Waals surface area contributed by atoms with Crippen molar-refractivity contribution in [3.05, 3.63) is 47.3 Å². The molecule has 0 spiro atoms. The molecule has 3 rings (SSSR count). The predicted octanol–water partition coefficient (Wildman–Crippen LogP) is 0.751. The first-order chi connectivity index (χ1) is 11.7. The minimum atomic E-state index is -3.85. The van der Waals surface area contributed by atoms with Gasteiger partial charge in [0.15, 0.2) is 11.6 Å². The summed E-state index contributed by atoms with van der Waals surface area (Å²) in [5.74, 6) is -2.87. The van der Waals surface area contributed by atoms with E-state index >= 15 is 0 Å². The molecule has 1 aromatic carbocycles. The van der Waals surface area contributed by atoms with Gasteiger partial charge >= 0.3 is 0 Å². The summed E-state index contributed by atoms with van der Waals surface area (Å²) in [6, 6.07) is 2.88. The molecule has 0 aliphatic carbocycles. The highest BCUT2D eigenvalue weighted by Gasteiger charge is 2.32. The standard InChI is InChI=1S/C15H15F2N3O4S/c1-20-7-13-10(5-9(21)6-18-25(13,23)24)14(20)15(22)19-8-2-3-11(16)12(17)4-8/h2-4,7,9,18,21H,5-6H2,1H3,(H,19,22). The highest BCUT2D eigenvalue weighted by Crippen LogP contribution is 2.26. The van der Waals surface area contributed by atoms with E-state index in [1.807, 2.05) is 0 Å². The number of β-amino-alcohol motifs (C(OH)–C–C–N with tert-alkyl or cyclic N) is 1. The summed E-state index contributed by atoms with van der Waals surface area (Å²) in [5.41, 5.74) is 0.208. The van der Waals surface area contributed by atoms with Gasteiger partial charge in [-0.15, -0.1) is 0 Å². The van der Waals surface area contributed by atoms with Gasteiger partial charge in [0.2, 0.25) is 10.0 Å². The van der Waals surface area contributed by atoms with E-state index in [0.717, 1.165) is 12.1 Å². The molecule has 2 heterocycles. The number of hydrogen-bond acceptors (Lipinski definition) is 4. The lowest BCUT2D eigenvalue weighted by atomic mass is 10.1. The van der Waals surface area contributed by atoms with E-state index < -0.39 is 33.7 Å². The monoisotopic (exact) mass is 371 g/mol. The van der Waals surface area contributed by atoms with E-state index in [1.54, 1.807) is 0 Å². The van der Waals surface area contributed by atoms with Crippen LogP contribution >= 0.6 is 0 Å². The Labute approximate surface area is 142 Å². The molecule has 0 radical (unpaired) electrons. The molecule has 1 aliphatic heterocycles. The maximum Gasteiger partial charge on any atom is 0.272 e. The number of anilines is 1. The number of aromatic nitrogens is 1. The van der Waals surface area contributed by atoms with E-state index in [1.165, 1.54) is 23.9 Å². The van der Waals surface area contributed by atoms with Crippen molar-refractivity contribution in [3.63, 3.8) is 0 Å². The average Bonchev–Trinajstić information content (AvgIpc) is 2.81. The summed E-state index contributed by atoms with van der Waals surface area (Å²) in [7, 11) is -2.37. The maximum absolute atomic E-state index is 13.3. The van der Waals surface area contributed by atoms with Crippen molar-refractivity contribution in [2.75, 3.05) is 11.9 Å². The molecule has 0 bridgehead atoms. The van der Waals surface area contributed by atoms with E-state index in [-0.39, 0.29) is 34.8 Å². The van der Waals surface area contributed by atoms with Crippen molar-refractivity contribution in [2.24, 2.45) is 7.05 Å². The van der Waals surface area contributed by atoms with Crippen LogP contribution in [0.3, 0.4) is 0 Å². The number of carbonyl (C=O) groups is 1. The van der Waals surface area contributed by atoms with Crippen LogP contribution in [-0.2, 0) is 23.5 Å². The number of halogens is 2. The molecule has 3 N–H and O–H groups in total. The third-order valence-electron chi connectivity index (χ3n) is 3.88. The summed E-state index contributed by atoms with van der Waals surface area (Å²) in [6.07, 6.45) is 0.243. The van der Waals surface area contributed by atoms with Crippen molar-refractivity contribution < 1.29 is 27.1 Å². The largest absolute Gasteiger partial charge is 0.391 e. The molecule has 10 heteroatoms. The van der Waals surface area contributed by atoms with Crippen LogP contribution in [0.15, 0.2) is 29.3 Å². The van der Waals surface area contributed by atoms with Crippen LogP contribution in [0, 0.1) is 11.6 Å². The van der Waals surface area contributed by atoms with Gasteiger partial charge in [0.1, 0.15) is 10.6 Å². The zero-order chi connectivity index (χ0) is 18.4. The van der Waals surface area contributed by atoms with Gasteiger partial charge in [-0.25, -0.2) is 21.9 Å². The summed E-state index contributed by atoms with van der Waals surface area (Å²) in [5, 5.41) is 12.3. The van der Waals surface area contributed by atoms with E-state index in [4.69, 9.17) is 0 Å². The lowest BCUT2D eigenvalue weighted by molar-refractivity contribution is 0.101. The third-order valence-corrected chi connectivity index (χ3v) is 5.36. The number of aliphatic hydroxyl groups is 1. The van der Waals surface area contributed by atoms with Crippen LogP contribution in [0.1, 0.15) is 16.1 Å². The van der Waals surface area contributed by atoms with Crippen molar-refractivity contribution in [3.8, 4) is 0 Å². The molecule has 1 amide bonds. The first kappa shape index (κ1) is 17.5. The second-order valence-corrected chi connectivity index (χ2v) is 7.46. The zero-order valence-corrected chi connectivity index (χ0v) is 13.9. The van der Waals surface area contributed by atoms with Crippen molar-refractivity contribution >= 4 is 21.6 Å². The van der Waals surface area contributed by atoms with Crippen LogP contribution in [-0.4, -0.2) is 36.6 Å². The Balaban J connectivity index is 2.01. The number of rotatable bonds is 2. The van der Waals surface area contributed by atoms with Gasteiger partial charge in [-0.05, 0) is 12.1 Å². The molecule has 2 aromatic rings. The molecule has 1 unspecified atom stereocenters. The molecule has 1 aromatic heterocycles. The number of nitrogens with zero attached hydrogens (tertiary/aromatic N) is 1. The SMILES string of the molecule is Cn1cc2c(c1C(=O)Nc1ccc(F)c(F)c1)CC(O)CNS2(=O)=O. The Kier molecular flexibility index (Phi) is 4.35. The molecular formula is C15H15F2N3O4S. The molecule has 0 saturated carbocycles. The summed E-state index contributed by atoms with van der Waals surface area (Å²) in [6.45, 7) is -0.162. The molecular weight excluding hydrogens is 356 g/mol. The lowest BCUT2D eigenvalue weighted by Crippen LogP contribution is -2.30. The van der Waals surface area contributed by atoms with Gasteiger partial charge in [-0.1, -0.05) is 0 Å². The topological polar surface area (TPSA) is 100 Å². The number of benzene rings is 1. The van der Waals surface area contributed by atoms with Crippen LogP contribution in [0.25, 0.3) is 0 Å². The van der Waals surface area contributed by atoms with Gasteiger partial charge in [-0.3, -0.25) is 4.79 Å². The van der Waals surface area contributed by atoms with Crippen molar-refractivity contribution in [2.45, 2.75) is 17.4 Å². The quantitative estimate of drug-likeness (QED) is 0.725. The summed E-state index contributed by atoms with van der Waals surface area (Å²) < 4.78 is 54.2. The number of hydrogen-bond donors (Lipinski definition) is 3. The van der Waals surface area contributed by atoms with Crippen LogP contribution in [0.4, 0.5) is 14.5 Å². The van der Waals surface area contributed by atoms with Crippen LogP contribution < -0.4 is 10.0 Å². The lowest BCUT2D eigenvalue weighted by Gasteiger charge is -2.11. The number of carbonyl (C=O) groups excluding carboxylic acids is 1. The minimum absolute atomic E-state index is 0.0195. The Morgan fingerprint density at radius 1 is 1.36 bits per heavy atom. The Morgan fingerprint density at radius 3 is 2.76 bits per heavy atom. The molecule has 0 fully saturated rings. The fourth-order valence-electron chi connectivity index (χ4n) is 2.73. The Morgan fingerprint density at radius 2 is 2.08 bits per heavy atom. The second kappa shape index (κ2) is 6.21. The fraction of sp³-hybridized carbons (Fsp3) is 0.267. The van der Waals surface area contributed by atoms with Crippen molar-refractivity contribution in [1.29, 1.82) is 0 Å². The number of aryl methyl sites for hydroxylation is 1. The average molecular weight is 371 g/mol. The summed E-state index contributed by atoms with van der Waals surface area (Å²) in [4.78, 5) is 12.5. The number of nitrogens with one attached hydrogen (secondary N) is 2. The molecule has 134 valence electrons. The number of amides is 1. The second-order valence-electron chi connectivity index (χ2n) is 5.72. The molecule has 7 nitrogen and oxygen atoms in total. The Bertz CT molecular complexity index is 956. The third kappa shape index (κ3) is 3.28. The first-order valence-corrected chi connectivity index (χ1v) is 8.79. The zero-order valence-electron chi connectivity index (χ0n) is 13.1. The predicted molar refractivity (Wildman–Crippen MR) is 84.6 cm³/mol. The molecule has 1 aliphatic rings. The summed E-state index contributed by atoms with van der Waals surface area (Å²) >= 11 is 0. The normalized spacial score (nSPS) is 19.1. The van der Waals surface area contributed by atoms with E-state index in [2.05, 4.69) is 10.0 Å². The molecule has 1 atom stereocenters. The fourth-order valence-corrected chi connectivity index (χ4v) is 4.10. The number of fused-ring (bicyclic) bond motifs is 1. The van der Waals surface area contributed by atoms with Crippen LogP contribution in [0.2, 0.25) is 0 Å². The van der Waals surface area contributed by atoms with Gasteiger partial charge in [0.05, 0.1) is 6.10 Å².